The van der Waals surface area contributed by atoms with E-state index in [1.165, 1.54) is 6.07 Å². The first-order valence-corrected chi connectivity index (χ1v) is 7.93. The fraction of sp³-hybridized carbons (Fsp3) is 0.158. The second-order valence-corrected chi connectivity index (χ2v) is 6.18. The number of anilines is 1. The van der Waals surface area contributed by atoms with E-state index in [1.807, 2.05) is 25.1 Å². The molecule has 3 rings (SSSR count). The van der Waals surface area contributed by atoms with Crippen molar-refractivity contribution in [1.82, 2.24) is 9.97 Å². The highest BCUT2D eigenvalue weighted by Crippen LogP contribution is 2.29. The molecule has 138 valence electrons. The first kappa shape index (κ1) is 19.9. The zero-order valence-electron chi connectivity index (χ0n) is 15.1. The van der Waals surface area contributed by atoms with Gasteiger partial charge in [0.2, 0.25) is 0 Å². The zero-order valence-corrected chi connectivity index (χ0v) is 15.9. The highest BCUT2D eigenvalue weighted by atomic mass is 35.5. The van der Waals surface area contributed by atoms with Crippen molar-refractivity contribution in [1.29, 1.82) is 5.26 Å². The van der Waals surface area contributed by atoms with Gasteiger partial charge in [-0.3, -0.25) is 10.1 Å². The fourth-order valence-corrected chi connectivity index (χ4v) is 2.73. The van der Waals surface area contributed by atoms with Crippen LogP contribution in [0.1, 0.15) is 17.0 Å². The number of fused-ring (bicyclic) bond motifs is 1. The summed E-state index contributed by atoms with van der Waals surface area (Å²) in [5.41, 5.74) is 4.06. The molecule has 0 atom stereocenters. The maximum absolute atomic E-state index is 11.3. The third kappa shape index (κ3) is 4.07. The van der Waals surface area contributed by atoms with E-state index in [-0.39, 0.29) is 18.1 Å². The van der Waals surface area contributed by atoms with Crippen LogP contribution in [0, 0.1) is 28.4 Å². The lowest BCUT2D eigenvalue weighted by molar-refractivity contribution is -0.384. The number of nitrogens with zero attached hydrogens (tertiary/aromatic N) is 4. The number of rotatable bonds is 4. The summed E-state index contributed by atoms with van der Waals surface area (Å²) in [4.78, 5) is 20.1. The third-order valence-electron chi connectivity index (χ3n) is 4.00. The van der Waals surface area contributed by atoms with Crippen LogP contribution >= 0.6 is 12.4 Å². The van der Waals surface area contributed by atoms with Gasteiger partial charge in [-0.05, 0) is 42.3 Å². The van der Waals surface area contributed by atoms with Gasteiger partial charge in [0.15, 0.2) is 0 Å². The van der Waals surface area contributed by atoms with Crippen LogP contribution in [0.2, 0.25) is 0 Å². The number of nitro benzene ring substituents is 1. The lowest BCUT2D eigenvalue weighted by atomic mass is 10.1. The molecular formula is C19H18ClN5O2. The van der Waals surface area contributed by atoms with Crippen LogP contribution in [0.4, 0.5) is 11.4 Å². The summed E-state index contributed by atoms with van der Waals surface area (Å²) in [5, 5.41) is 20.8. The highest BCUT2D eigenvalue weighted by molar-refractivity contribution is 5.91. The maximum atomic E-state index is 11.3. The van der Waals surface area contributed by atoms with Crippen molar-refractivity contribution in [3.63, 3.8) is 0 Å². The third-order valence-corrected chi connectivity index (χ3v) is 4.00. The van der Waals surface area contributed by atoms with E-state index in [9.17, 15) is 15.4 Å². The number of benzene rings is 2. The van der Waals surface area contributed by atoms with E-state index in [4.69, 9.17) is 0 Å². The van der Waals surface area contributed by atoms with Crippen LogP contribution < -0.4 is 4.90 Å². The van der Waals surface area contributed by atoms with Crippen LogP contribution in [0.5, 0.6) is 0 Å². The number of nitriles is 1. The molecule has 2 aromatic carbocycles. The largest absolute Gasteiger partial charge is 0.372 e. The van der Waals surface area contributed by atoms with E-state index < -0.39 is 4.92 Å². The Morgan fingerprint density at radius 3 is 2.67 bits per heavy atom. The Labute approximate surface area is 162 Å². The summed E-state index contributed by atoms with van der Waals surface area (Å²) >= 11 is 0. The van der Waals surface area contributed by atoms with Crippen molar-refractivity contribution in [2.75, 3.05) is 19.0 Å². The van der Waals surface area contributed by atoms with E-state index in [2.05, 4.69) is 16.0 Å². The van der Waals surface area contributed by atoms with Gasteiger partial charge in [0.05, 0.1) is 21.5 Å². The molecule has 1 aromatic heterocycles. The number of hydrogen-bond acceptors (Lipinski definition) is 5. The molecule has 0 fully saturated rings. The molecule has 0 radical (unpaired) electrons. The number of nitro groups is 1. The van der Waals surface area contributed by atoms with Crippen molar-refractivity contribution in [2.24, 2.45) is 0 Å². The lowest BCUT2D eigenvalue weighted by Crippen LogP contribution is -2.11. The molecule has 3 aromatic rings. The molecule has 0 unspecified atom stereocenters. The number of nitrogens with one attached hydrogen (secondary N) is 1. The van der Waals surface area contributed by atoms with Crippen molar-refractivity contribution < 1.29 is 4.92 Å². The first-order chi connectivity index (χ1) is 12.4. The van der Waals surface area contributed by atoms with Crippen LogP contribution in [-0.2, 0) is 0 Å². The second kappa shape index (κ2) is 7.89. The van der Waals surface area contributed by atoms with Gasteiger partial charge in [0, 0.05) is 20.2 Å². The van der Waals surface area contributed by atoms with Crippen LogP contribution in [0.15, 0.2) is 36.4 Å². The molecule has 27 heavy (non-hydrogen) atoms. The average Bonchev–Trinajstić information content (AvgIpc) is 3.02. The SMILES string of the molecule is Cc1ccc2nc(/C(C#N)=C/c3ccc(N(C)C)c([N+](=O)[O-])c3)[nH]c2c1.Cl. The molecule has 0 amide bonds. The van der Waals surface area contributed by atoms with Crippen molar-refractivity contribution in [2.45, 2.75) is 6.92 Å². The minimum atomic E-state index is -0.428. The van der Waals surface area contributed by atoms with E-state index in [1.54, 1.807) is 37.2 Å². The van der Waals surface area contributed by atoms with E-state index in [0.717, 1.165) is 16.6 Å². The predicted octanol–water partition coefficient (Wildman–Crippen LogP) is 4.33. The monoisotopic (exact) mass is 383 g/mol. The fourth-order valence-electron chi connectivity index (χ4n) is 2.73. The molecule has 1 N–H and O–H groups in total. The van der Waals surface area contributed by atoms with Gasteiger partial charge in [-0.1, -0.05) is 12.1 Å². The van der Waals surface area contributed by atoms with Gasteiger partial charge in [0.25, 0.3) is 5.69 Å². The van der Waals surface area contributed by atoms with Crippen LogP contribution in [0.25, 0.3) is 22.7 Å². The Morgan fingerprint density at radius 1 is 1.30 bits per heavy atom. The predicted molar refractivity (Wildman–Crippen MR) is 109 cm³/mol. The van der Waals surface area contributed by atoms with E-state index >= 15 is 0 Å². The molecule has 0 aliphatic heterocycles. The minimum absolute atomic E-state index is 0. The highest BCUT2D eigenvalue weighted by Gasteiger charge is 2.16. The van der Waals surface area contributed by atoms with Gasteiger partial charge in [-0.25, -0.2) is 4.98 Å². The van der Waals surface area contributed by atoms with Gasteiger partial charge in [-0.15, -0.1) is 12.4 Å². The van der Waals surface area contributed by atoms with Crippen LogP contribution in [0.3, 0.4) is 0 Å². The maximum Gasteiger partial charge on any atom is 0.293 e. The quantitative estimate of drug-likeness (QED) is 0.410. The smallest absolute Gasteiger partial charge is 0.293 e. The molecule has 0 spiro atoms. The molecule has 0 aliphatic rings. The second-order valence-electron chi connectivity index (χ2n) is 6.18. The van der Waals surface area contributed by atoms with Crippen molar-refractivity contribution >= 4 is 46.5 Å². The standard InChI is InChI=1S/C19H17N5O2.ClH/c1-12-4-6-15-16(8-12)22-19(21-15)14(11-20)9-13-5-7-17(23(2)3)18(10-13)24(25)26;/h4-10H,1-3H3,(H,21,22);1H/b14-9+;. The average molecular weight is 384 g/mol. The Kier molecular flexibility index (Phi) is 5.83. The summed E-state index contributed by atoms with van der Waals surface area (Å²) in [7, 11) is 3.49. The summed E-state index contributed by atoms with van der Waals surface area (Å²) in [6.45, 7) is 1.98. The minimum Gasteiger partial charge on any atom is -0.372 e. The number of aryl methyl sites for hydroxylation is 1. The molecule has 0 saturated heterocycles. The molecule has 0 saturated carbocycles. The summed E-state index contributed by atoms with van der Waals surface area (Å²) in [5.74, 6) is 0.437. The molecule has 8 heteroatoms. The molecule has 0 bridgehead atoms. The summed E-state index contributed by atoms with van der Waals surface area (Å²) in [6, 6.07) is 12.8. The Balaban J connectivity index is 0.00000261. The number of hydrogen-bond donors (Lipinski definition) is 1. The molecule has 1 heterocycles. The van der Waals surface area contributed by atoms with Gasteiger partial charge >= 0.3 is 0 Å². The van der Waals surface area contributed by atoms with E-state index in [0.29, 0.717) is 22.6 Å². The topological polar surface area (TPSA) is 98.8 Å². The van der Waals surface area contributed by atoms with Gasteiger partial charge < -0.3 is 9.88 Å². The number of allylic oxidation sites excluding steroid dienone is 1. The molecular weight excluding hydrogens is 366 g/mol. The summed E-state index contributed by atoms with van der Waals surface area (Å²) in [6.07, 6.45) is 1.59. The zero-order chi connectivity index (χ0) is 18.8. The molecule has 7 nitrogen and oxygen atoms in total. The Bertz CT molecular complexity index is 1080. The molecule has 0 aliphatic carbocycles. The number of imidazole rings is 1. The Morgan fingerprint density at radius 2 is 2.04 bits per heavy atom. The number of halogens is 1. The number of aromatic amines is 1. The van der Waals surface area contributed by atoms with Crippen molar-refractivity contribution in [3.05, 3.63) is 63.5 Å². The summed E-state index contributed by atoms with van der Waals surface area (Å²) < 4.78 is 0. The van der Waals surface area contributed by atoms with Crippen molar-refractivity contribution in [3.8, 4) is 6.07 Å². The van der Waals surface area contributed by atoms with Gasteiger partial charge in [-0.2, -0.15) is 5.26 Å². The van der Waals surface area contributed by atoms with Gasteiger partial charge in [0.1, 0.15) is 17.6 Å². The lowest BCUT2D eigenvalue weighted by Gasteiger charge is -2.12. The normalized spacial score (nSPS) is 11.0. The number of aromatic nitrogens is 2. The van der Waals surface area contributed by atoms with Crippen LogP contribution in [-0.4, -0.2) is 29.0 Å². The first-order valence-electron chi connectivity index (χ1n) is 7.93. The Hall–Kier alpha value is -3.37. The number of H-pyrrole nitrogens is 1.